The number of nitrogens with zero attached hydrogens (tertiary/aromatic N) is 1. The molecule has 20 heavy (non-hydrogen) atoms. The van der Waals surface area contributed by atoms with Gasteiger partial charge >= 0.3 is 0 Å². The van der Waals surface area contributed by atoms with Gasteiger partial charge < -0.3 is 10.3 Å². The SMILES string of the molecule is Cc1nc2ccc(NCc3ccc(F)cc3F)cc2[nH]1. The molecule has 3 nitrogen and oxygen atoms in total. The molecular formula is C15H13F2N3. The van der Waals surface area contributed by atoms with Crippen molar-refractivity contribution in [1.82, 2.24) is 9.97 Å². The fraction of sp³-hybridized carbons (Fsp3) is 0.133. The third-order valence-electron chi connectivity index (χ3n) is 3.10. The summed E-state index contributed by atoms with van der Waals surface area (Å²) in [6.45, 7) is 2.19. The largest absolute Gasteiger partial charge is 0.381 e. The maximum Gasteiger partial charge on any atom is 0.131 e. The Morgan fingerprint density at radius 2 is 2.00 bits per heavy atom. The first kappa shape index (κ1) is 12.6. The Morgan fingerprint density at radius 3 is 2.80 bits per heavy atom. The summed E-state index contributed by atoms with van der Waals surface area (Å²) in [5.41, 5.74) is 3.09. The number of aromatic amines is 1. The van der Waals surface area contributed by atoms with Gasteiger partial charge in [0.1, 0.15) is 17.5 Å². The molecule has 3 rings (SSSR count). The van der Waals surface area contributed by atoms with Crippen molar-refractivity contribution < 1.29 is 8.78 Å². The number of anilines is 1. The van der Waals surface area contributed by atoms with E-state index in [1.165, 1.54) is 12.1 Å². The van der Waals surface area contributed by atoms with Gasteiger partial charge in [0, 0.05) is 23.9 Å². The van der Waals surface area contributed by atoms with Gasteiger partial charge in [0.25, 0.3) is 0 Å². The Labute approximate surface area is 114 Å². The van der Waals surface area contributed by atoms with Gasteiger partial charge in [-0.15, -0.1) is 0 Å². The Bertz CT molecular complexity index is 765. The molecule has 2 aromatic carbocycles. The molecule has 0 aliphatic rings. The Balaban J connectivity index is 1.79. The molecule has 3 aromatic rings. The van der Waals surface area contributed by atoms with E-state index in [9.17, 15) is 8.78 Å². The summed E-state index contributed by atoms with van der Waals surface area (Å²) >= 11 is 0. The monoisotopic (exact) mass is 273 g/mol. The van der Waals surface area contributed by atoms with Crippen LogP contribution in [0.15, 0.2) is 36.4 Å². The van der Waals surface area contributed by atoms with Gasteiger partial charge in [-0.2, -0.15) is 0 Å². The normalized spacial score (nSPS) is 10.9. The molecule has 102 valence electrons. The summed E-state index contributed by atoms with van der Waals surface area (Å²) in [7, 11) is 0. The van der Waals surface area contributed by atoms with Crippen LogP contribution in [0.5, 0.6) is 0 Å². The van der Waals surface area contributed by atoms with Gasteiger partial charge in [0.05, 0.1) is 11.0 Å². The molecule has 0 unspecified atom stereocenters. The fourth-order valence-corrected chi connectivity index (χ4v) is 2.11. The molecule has 0 radical (unpaired) electrons. The van der Waals surface area contributed by atoms with E-state index in [1.807, 2.05) is 25.1 Å². The molecule has 0 bridgehead atoms. The number of fused-ring (bicyclic) bond motifs is 1. The molecule has 0 spiro atoms. The summed E-state index contributed by atoms with van der Waals surface area (Å²) in [4.78, 5) is 7.45. The number of halogens is 2. The van der Waals surface area contributed by atoms with Crippen molar-refractivity contribution >= 4 is 16.7 Å². The highest BCUT2D eigenvalue weighted by Gasteiger charge is 2.05. The van der Waals surface area contributed by atoms with E-state index < -0.39 is 11.6 Å². The predicted molar refractivity (Wildman–Crippen MR) is 74.5 cm³/mol. The molecule has 1 aromatic heterocycles. The minimum Gasteiger partial charge on any atom is -0.381 e. The van der Waals surface area contributed by atoms with E-state index >= 15 is 0 Å². The minimum atomic E-state index is -0.569. The number of aryl methyl sites for hydroxylation is 1. The van der Waals surface area contributed by atoms with Crippen molar-refractivity contribution in [2.75, 3.05) is 5.32 Å². The number of rotatable bonds is 3. The lowest BCUT2D eigenvalue weighted by Gasteiger charge is -2.07. The molecule has 0 saturated heterocycles. The van der Waals surface area contributed by atoms with Crippen LogP contribution < -0.4 is 5.32 Å². The van der Waals surface area contributed by atoms with Crippen LogP contribution in [0.4, 0.5) is 14.5 Å². The van der Waals surface area contributed by atoms with Crippen LogP contribution in [0.1, 0.15) is 11.4 Å². The van der Waals surface area contributed by atoms with Crippen LogP contribution in [-0.2, 0) is 6.54 Å². The van der Waals surface area contributed by atoms with Crippen molar-refractivity contribution in [2.24, 2.45) is 0 Å². The van der Waals surface area contributed by atoms with Crippen LogP contribution in [-0.4, -0.2) is 9.97 Å². The summed E-state index contributed by atoms with van der Waals surface area (Å²) < 4.78 is 26.3. The Morgan fingerprint density at radius 1 is 1.15 bits per heavy atom. The number of H-pyrrole nitrogens is 1. The lowest BCUT2D eigenvalue weighted by Crippen LogP contribution is -2.02. The van der Waals surface area contributed by atoms with Crippen molar-refractivity contribution in [2.45, 2.75) is 13.5 Å². The zero-order valence-corrected chi connectivity index (χ0v) is 10.9. The number of hydrogen-bond acceptors (Lipinski definition) is 2. The van der Waals surface area contributed by atoms with Crippen molar-refractivity contribution in [1.29, 1.82) is 0 Å². The third-order valence-corrected chi connectivity index (χ3v) is 3.10. The zero-order valence-electron chi connectivity index (χ0n) is 10.9. The summed E-state index contributed by atoms with van der Waals surface area (Å²) in [6.07, 6.45) is 0. The third kappa shape index (κ3) is 2.47. The van der Waals surface area contributed by atoms with E-state index in [4.69, 9.17) is 0 Å². The molecule has 0 aliphatic carbocycles. The number of aromatic nitrogens is 2. The molecule has 5 heteroatoms. The molecule has 2 N–H and O–H groups in total. The lowest BCUT2D eigenvalue weighted by molar-refractivity contribution is 0.574. The van der Waals surface area contributed by atoms with E-state index in [0.29, 0.717) is 12.1 Å². The van der Waals surface area contributed by atoms with Crippen LogP contribution in [0.25, 0.3) is 11.0 Å². The molecule has 0 amide bonds. The summed E-state index contributed by atoms with van der Waals surface area (Å²) in [6, 6.07) is 9.26. The number of nitrogens with one attached hydrogen (secondary N) is 2. The first-order valence-electron chi connectivity index (χ1n) is 6.26. The number of imidazole rings is 1. The predicted octanol–water partition coefficient (Wildman–Crippen LogP) is 3.76. The maximum absolute atomic E-state index is 13.5. The smallest absolute Gasteiger partial charge is 0.131 e. The van der Waals surface area contributed by atoms with Gasteiger partial charge in [0.2, 0.25) is 0 Å². The van der Waals surface area contributed by atoms with Crippen molar-refractivity contribution in [3.05, 3.63) is 59.4 Å². The average molecular weight is 273 g/mol. The van der Waals surface area contributed by atoms with Crippen molar-refractivity contribution in [3.8, 4) is 0 Å². The standard InChI is InChI=1S/C15H13F2N3/c1-9-19-14-5-4-12(7-15(14)20-9)18-8-10-2-3-11(16)6-13(10)17/h2-7,18H,8H2,1H3,(H,19,20). The van der Waals surface area contributed by atoms with Gasteiger partial charge in [-0.3, -0.25) is 0 Å². The minimum absolute atomic E-state index is 0.296. The Kier molecular flexibility index (Phi) is 3.10. The average Bonchev–Trinajstić information content (AvgIpc) is 2.77. The lowest BCUT2D eigenvalue weighted by atomic mass is 10.2. The molecule has 0 fully saturated rings. The van der Waals surface area contributed by atoms with Crippen LogP contribution in [0, 0.1) is 18.6 Å². The second-order valence-corrected chi connectivity index (χ2v) is 4.64. The highest BCUT2D eigenvalue weighted by atomic mass is 19.1. The van der Waals surface area contributed by atoms with Gasteiger partial charge in [0.15, 0.2) is 0 Å². The number of hydrogen-bond donors (Lipinski definition) is 2. The topological polar surface area (TPSA) is 40.7 Å². The van der Waals surface area contributed by atoms with Crippen LogP contribution in [0.3, 0.4) is 0 Å². The molecule has 1 heterocycles. The van der Waals surface area contributed by atoms with Gasteiger partial charge in [-0.25, -0.2) is 13.8 Å². The summed E-state index contributed by atoms with van der Waals surface area (Å²) in [5.74, 6) is -0.265. The molecular weight excluding hydrogens is 260 g/mol. The van der Waals surface area contributed by atoms with E-state index in [-0.39, 0.29) is 0 Å². The number of benzene rings is 2. The van der Waals surface area contributed by atoms with E-state index in [2.05, 4.69) is 15.3 Å². The Hall–Kier alpha value is -2.43. The highest BCUT2D eigenvalue weighted by Crippen LogP contribution is 2.18. The van der Waals surface area contributed by atoms with Crippen molar-refractivity contribution in [3.63, 3.8) is 0 Å². The van der Waals surface area contributed by atoms with E-state index in [0.717, 1.165) is 28.6 Å². The fourth-order valence-electron chi connectivity index (χ4n) is 2.11. The molecule has 0 aliphatic heterocycles. The molecule has 0 saturated carbocycles. The second kappa shape index (κ2) is 4.92. The van der Waals surface area contributed by atoms with Crippen LogP contribution >= 0.6 is 0 Å². The first-order valence-corrected chi connectivity index (χ1v) is 6.26. The summed E-state index contributed by atoms with van der Waals surface area (Å²) in [5, 5.41) is 3.11. The second-order valence-electron chi connectivity index (χ2n) is 4.64. The van der Waals surface area contributed by atoms with Gasteiger partial charge in [-0.05, 0) is 31.2 Å². The van der Waals surface area contributed by atoms with Gasteiger partial charge in [-0.1, -0.05) is 6.07 Å². The highest BCUT2D eigenvalue weighted by molar-refractivity contribution is 5.79. The van der Waals surface area contributed by atoms with Crippen LogP contribution in [0.2, 0.25) is 0 Å². The zero-order chi connectivity index (χ0) is 14.1. The maximum atomic E-state index is 13.5. The first-order chi connectivity index (χ1) is 9.61. The van der Waals surface area contributed by atoms with E-state index in [1.54, 1.807) is 0 Å². The molecule has 0 atom stereocenters. The quantitative estimate of drug-likeness (QED) is 0.762.